The summed E-state index contributed by atoms with van der Waals surface area (Å²) >= 11 is 0. The Hall–Kier alpha value is -1.96. The lowest BCUT2D eigenvalue weighted by molar-refractivity contribution is 0.277. The summed E-state index contributed by atoms with van der Waals surface area (Å²) in [5, 5.41) is 21.8. The summed E-state index contributed by atoms with van der Waals surface area (Å²) in [6.07, 6.45) is 2.62. The molecule has 2 heteroatoms. The van der Waals surface area contributed by atoms with E-state index in [-0.39, 0.29) is 21.7 Å². The van der Waals surface area contributed by atoms with Gasteiger partial charge in [0, 0.05) is 11.1 Å². The molecule has 0 amide bonds. The predicted octanol–water partition coefficient (Wildman–Crippen LogP) is 8.12. The van der Waals surface area contributed by atoms with Crippen molar-refractivity contribution >= 4 is 0 Å². The summed E-state index contributed by atoms with van der Waals surface area (Å²) in [6, 6.07) is 11.7. The highest BCUT2D eigenvalue weighted by Gasteiger charge is 2.34. The number of phenols is 2. The Labute approximate surface area is 190 Å². The Bertz CT molecular complexity index is 830. The highest BCUT2D eigenvalue weighted by Crippen LogP contribution is 2.45. The van der Waals surface area contributed by atoms with Crippen LogP contribution in [0.15, 0.2) is 36.4 Å². The second-order valence-corrected chi connectivity index (χ2v) is 13.0. The van der Waals surface area contributed by atoms with Gasteiger partial charge in [0.25, 0.3) is 0 Å². The van der Waals surface area contributed by atoms with Gasteiger partial charge in [-0.05, 0) is 64.2 Å². The molecule has 0 saturated heterocycles. The monoisotopic (exact) mass is 424 g/mol. The summed E-state index contributed by atoms with van der Waals surface area (Å²) in [6.45, 7) is 22.4. The Kier molecular flexibility index (Phi) is 6.96. The number of benzene rings is 2. The van der Waals surface area contributed by atoms with Crippen LogP contribution in [0.3, 0.4) is 0 Å². The average molecular weight is 425 g/mol. The molecule has 31 heavy (non-hydrogen) atoms. The molecule has 0 aliphatic rings. The second-order valence-electron chi connectivity index (χ2n) is 13.0. The van der Waals surface area contributed by atoms with Gasteiger partial charge in [-0.1, -0.05) is 93.5 Å². The zero-order valence-electron chi connectivity index (χ0n) is 21.5. The molecular weight excluding hydrogens is 380 g/mol. The average Bonchev–Trinajstić information content (AvgIpc) is 2.49. The largest absolute Gasteiger partial charge is 0.508 e. The van der Waals surface area contributed by atoms with Crippen LogP contribution in [0.4, 0.5) is 0 Å². The van der Waals surface area contributed by atoms with Crippen LogP contribution in [0, 0.1) is 10.8 Å². The third-order valence-corrected chi connectivity index (χ3v) is 5.94. The molecule has 0 fully saturated rings. The molecule has 2 nitrogen and oxygen atoms in total. The molecule has 172 valence electrons. The Morgan fingerprint density at radius 3 is 1.16 bits per heavy atom. The lowest BCUT2D eigenvalue weighted by Crippen LogP contribution is -2.27. The van der Waals surface area contributed by atoms with Crippen LogP contribution in [0.5, 0.6) is 11.5 Å². The first-order chi connectivity index (χ1) is 13.9. The van der Waals surface area contributed by atoms with E-state index in [1.54, 1.807) is 12.1 Å². The van der Waals surface area contributed by atoms with Crippen molar-refractivity contribution in [2.45, 2.75) is 99.3 Å². The van der Waals surface area contributed by atoms with Gasteiger partial charge in [-0.15, -0.1) is 0 Å². The van der Waals surface area contributed by atoms with Crippen LogP contribution in [0.1, 0.15) is 104 Å². The molecule has 2 N–H and O–H groups in total. The summed E-state index contributed by atoms with van der Waals surface area (Å²) < 4.78 is 0. The highest BCUT2D eigenvalue weighted by atomic mass is 16.3. The minimum Gasteiger partial charge on any atom is -0.508 e. The number of rotatable bonds is 6. The fourth-order valence-electron chi connectivity index (χ4n) is 6.06. The third-order valence-electron chi connectivity index (χ3n) is 5.94. The van der Waals surface area contributed by atoms with E-state index in [0.29, 0.717) is 17.9 Å². The van der Waals surface area contributed by atoms with Crippen LogP contribution < -0.4 is 0 Å². The molecule has 0 aromatic heterocycles. The van der Waals surface area contributed by atoms with E-state index in [2.05, 4.69) is 81.4 Å². The number of phenolic OH excluding ortho intramolecular Hbond substituents is 2. The molecule has 0 spiro atoms. The molecule has 0 atom stereocenters. The normalized spacial score (nSPS) is 13.5. The Morgan fingerprint density at radius 2 is 0.871 bits per heavy atom. The van der Waals surface area contributed by atoms with E-state index < -0.39 is 0 Å². The Morgan fingerprint density at radius 1 is 0.548 bits per heavy atom. The first-order valence-electron chi connectivity index (χ1n) is 11.6. The van der Waals surface area contributed by atoms with E-state index in [0.717, 1.165) is 35.1 Å². The minimum absolute atomic E-state index is 0.147. The third kappa shape index (κ3) is 6.51. The van der Waals surface area contributed by atoms with E-state index in [1.165, 1.54) is 0 Å². The molecule has 0 unspecified atom stereocenters. The fraction of sp³-hybridized carbons (Fsp3) is 0.586. The van der Waals surface area contributed by atoms with Crippen molar-refractivity contribution in [3.63, 3.8) is 0 Å². The molecule has 0 aliphatic carbocycles. The SMILES string of the molecule is CC(C)(C)CC(C)(C)c1c(O)cccc1Cc1cccc(O)c1C(C)(C)CC(C)(C)C. The molecule has 2 rings (SSSR count). The van der Waals surface area contributed by atoms with Crippen molar-refractivity contribution in [3.8, 4) is 11.5 Å². The molecule has 0 saturated carbocycles. The standard InChI is InChI=1S/C29H44O2/c1-26(2,3)18-28(7,8)24-20(13-11-15-22(24)30)17-21-14-12-16-23(31)25(21)29(9,10)19-27(4,5)6/h11-16,30-31H,17-19H2,1-10H3. The van der Waals surface area contributed by atoms with Gasteiger partial charge in [0.1, 0.15) is 11.5 Å². The number of hydrogen-bond acceptors (Lipinski definition) is 2. The minimum atomic E-state index is -0.170. The molecule has 2 aromatic carbocycles. The molecule has 0 aliphatic heterocycles. The van der Waals surface area contributed by atoms with Gasteiger partial charge >= 0.3 is 0 Å². The van der Waals surface area contributed by atoms with Gasteiger partial charge in [0.15, 0.2) is 0 Å². The quantitative estimate of drug-likeness (QED) is 0.491. The van der Waals surface area contributed by atoms with Gasteiger partial charge in [0.2, 0.25) is 0 Å². The molecule has 0 radical (unpaired) electrons. The van der Waals surface area contributed by atoms with Crippen molar-refractivity contribution in [3.05, 3.63) is 58.7 Å². The smallest absolute Gasteiger partial charge is 0.119 e. The first kappa shape index (κ1) is 25.3. The van der Waals surface area contributed by atoms with Crippen LogP contribution in [-0.4, -0.2) is 10.2 Å². The summed E-state index contributed by atoms with van der Waals surface area (Å²) in [7, 11) is 0. The zero-order valence-corrected chi connectivity index (χ0v) is 21.5. The van der Waals surface area contributed by atoms with Crippen LogP contribution in [0.2, 0.25) is 0 Å². The molecule has 2 aromatic rings. The van der Waals surface area contributed by atoms with E-state index in [9.17, 15) is 10.2 Å². The maximum absolute atomic E-state index is 10.9. The lowest BCUT2D eigenvalue weighted by Gasteiger charge is -2.36. The Balaban J connectivity index is 2.60. The number of hydrogen-bond donors (Lipinski definition) is 2. The van der Waals surface area contributed by atoms with Crippen LogP contribution in [0.25, 0.3) is 0 Å². The second kappa shape index (κ2) is 8.52. The van der Waals surface area contributed by atoms with E-state index in [1.807, 2.05) is 12.1 Å². The van der Waals surface area contributed by atoms with Crippen molar-refractivity contribution in [1.29, 1.82) is 0 Å². The van der Waals surface area contributed by atoms with E-state index in [4.69, 9.17) is 0 Å². The summed E-state index contributed by atoms with van der Waals surface area (Å²) in [5.41, 5.74) is 4.26. The predicted molar refractivity (Wildman–Crippen MR) is 133 cm³/mol. The summed E-state index contributed by atoms with van der Waals surface area (Å²) in [5.74, 6) is 0.727. The van der Waals surface area contributed by atoms with Gasteiger partial charge in [-0.3, -0.25) is 0 Å². The van der Waals surface area contributed by atoms with E-state index >= 15 is 0 Å². The van der Waals surface area contributed by atoms with Gasteiger partial charge in [0.05, 0.1) is 0 Å². The maximum atomic E-state index is 10.9. The fourth-order valence-corrected chi connectivity index (χ4v) is 6.06. The van der Waals surface area contributed by atoms with Crippen molar-refractivity contribution in [2.75, 3.05) is 0 Å². The topological polar surface area (TPSA) is 40.5 Å². The van der Waals surface area contributed by atoms with Crippen molar-refractivity contribution < 1.29 is 10.2 Å². The molecule has 0 bridgehead atoms. The van der Waals surface area contributed by atoms with Crippen molar-refractivity contribution in [2.24, 2.45) is 10.8 Å². The van der Waals surface area contributed by atoms with Gasteiger partial charge < -0.3 is 10.2 Å². The lowest BCUT2D eigenvalue weighted by atomic mass is 9.68. The highest BCUT2D eigenvalue weighted by molar-refractivity contribution is 5.51. The molecule has 0 heterocycles. The summed E-state index contributed by atoms with van der Waals surface area (Å²) in [4.78, 5) is 0. The van der Waals surface area contributed by atoms with Gasteiger partial charge in [-0.2, -0.15) is 0 Å². The zero-order chi connectivity index (χ0) is 23.8. The first-order valence-corrected chi connectivity index (χ1v) is 11.6. The number of aromatic hydroxyl groups is 2. The van der Waals surface area contributed by atoms with Gasteiger partial charge in [-0.25, -0.2) is 0 Å². The maximum Gasteiger partial charge on any atom is 0.119 e. The van der Waals surface area contributed by atoms with Crippen LogP contribution in [-0.2, 0) is 17.3 Å². The van der Waals surface area contributed by atoms with Crippen LogP contribution >= 0.6 is 0 Å². The molecular formula is C29H44O2. The van der Waals surface area contributed by atoms with Crippen molar-refractivity contribution in [1.82, 2.24) is 0 Å².